The Morgan fingerprint density at radius 3 is 2.43 bits per heavy atom. The molecule has 28 heavy (non-hydrogen) atoms. The summed E-state index contributed by atoms with van der Waals surface area (Å²) in [5.74, 6) is 0. The first-order valence-electron chi connectivity index (χ1n) is 8.85. The maximum Gasteiger partial charge on any atom is 0.270 e. The van der Waals surface area contributed by atoms with Crippen molar-refractivity contribution in [2.75, 3.05) is 18.5 Å². The van der Waals surface area contributed by atoms with Gasteiger partial charge in [0.25, 0.3) is 5.69 Å². The standard InChI is InChI=1S/C19H24N4O4S/c1-5-22(6-2)28(26,27)19-12-17(23(24)25)9-10-18(19)21-20-13-16-11-14(3)7-8-15(16)4/h7-13,21H,5-6H2,1-4H3/b20-13-. The van der Waals surface area contributed by atoms with Crippen LogP contribution in [0.3, 0.4) is 0 Å². The number of benzene rings is 2. The molecule has 9 heteroatoms. The van der Waals surface area contributed by atoms with Crippen molar-refractivity contribution in [2.45, 2.75) is 32.6 Å². The molecule has 0 aromatic heterocycles. The lowest BCUT2D eigenvalue weighted by Gasteiger charge is -2.20. The van der Waals surface area contributed by atoms with Gasteiger partial charge in [0.05, 0.1) is 16.8 Å². The van der Waals surface area contributed by atoms with Crippen molar-refractivity contribution >= 4 is 27.6 Å². The number of rotatable bonds is 8. The van der Waals surface area contributed by atoms with Gasteiger partial charge in [0.1, 0.15) is 4.90 Å². The molecular weight excluding hydrogens is 380 g/mol. The minimum Gasteiger partial charge on any atom is -0.277 e. The second kappa shape index (κ2) is 8.94. The molecule has 0 amide bonds. The highest BCUT2D eigenvalue weighted by atomic mass is 32.2. The van der Waals surface area contributed by atoms with Gasteiger partial charge in [0, 0.05) is 25.2 Å². The van der Waals surface area contributed by atoms with Crippen molar-refractivity contribution < 1.29 is 13.3 Å². The fraction of sp³-hybridized carbons (Fsp3) is 0.316. The van der Waals surface area contributed by atoms with E-state index >= 15 is 0 Å². The number of sulfonamides is 1. The van der Waals surface area contributed by atoms with Crippen LogP contribution in [0.1, 0.15) is 30.5 Å². The fourth-order valence-electron chi connectivity index (χ4n) is 2.70. The number of hydrazone groups is 1. The Morgan fingerprint density at radius 2 is 1.82 bits per heavy atom. The van der Waals surface area contributed by atoms with Gasteiger partial charge in [0.15, 0.2) is 0 Å². The zero-order valence-electron chi connectivity index (χ0n) is 16.3. The molecule has 2 aromatic rings. The van der Waals surface area contributed by atoms with Crippen molar-refractivity contribution in [1.82, 2.24) is 4.31 Å². The summed E-state index contributed by atoms with van der Waals surface area (Å²) < 4.78 is 27.1. The van der Waals surface area contributed by atoms with Crippen LogP contribution in [0.25, 0.3) is 0 Å². The number of nitro benzene ring substituents is 1. The van der Waals surface area contributed by atoms with Gasteiger partial charge in [-0.25, -0.2) is 8.42 Å². The summed E-state index contributed by atoms with van der Waals surface area (Å²) in [6.07, 6.45) is 1.59. The van der Waals surface area contributed by atoms with E-state index in [1.165, 1.54) is 16.4 Å². The molecule has 2 rings (SSSR count). The van der Waals surface area contributed by atoms with Crippen LogP contribution in [0.4, 0.5) is 11.4 Å². The molecule has 0 fully saturated rings. The molecule has 0 radical (unpaired) electrons. The smallest absolute Gasteiger partial charge is 0.270 e. The van der Waals surface area contributed by atoms with Gasteiger partial charge in [-0.05, 0) is 31.0 Å². The molecule has 0 aliphatic rings. The first-order chi connectivity index (χ1) is 13.2. The number of hydrogen-bond donors (Lipinski definition) is 1. The fourth-order valence-corrected chi connectivity index (χ4v) is 4.32. The van der Waals surface area contributed by atoms with Crippen LogP contribution in [-0.4, -0.2) is 37.0 Å². The van der Waals surface area contributed by atoms with Crippen LogP contribution >= 0.6 is 0 Å². The van der Waals surface area contributed by atoms with Crippen LogP contribution in [0, 0.1) is 24.0 Å². The number of anilines is 1. The quantitative estimate of drug-likeness (QED) is 0.410. The zero-order chi connectivity index (χ0) is 20.9. The monoisotopic (exact) mass is 404 g/mol. The number of nitro groups is 1. The second-order valence-corrected chi connectivity index (χ2v) is 8.16. The van der Waals surface area contributed by atoms with Crippen LogP contribution in [0.2, 0.25) is 0 Å². The first-order valence-corrected chi connectivity index (χ1v) is 10.3. The Kier molecular flexibility index (Phi) is 6.87. The van der Waals surface area contributed by atoms with E-state index in [1.807, 2.05) is 32.0 Å². The highest BCUT2D eigenvalue weighted by molar-refractivity contribution is 7.89. The van der Waals surface area contributed by atoms with E-state index in [0.29, 0.717) is 0 Å². The first kappa shape index (κ1) is 21.5. The third-order valence-corrected chi connectivity index (χ3v) is 6.41. The van der Waals surface area contributed by atoms with Crippen molar-refractivity contribution in [2.24, 2.45) is 5.10 Å². The van der Waals surface area contributed by atoms with E-state index in [0.717, 1.165) is 22.8 Å². The summed E-state index contributed by atoms with van der Waals surface area (Å²) in [7, 11) is -3.91. The highest BCUT2D eigenvalue weighted by Gasteiger charge is 2.27. The third-order valence-electron chi connectivity index (χ3n) is 4.32. The molecule has 0 saturated carbocycles. The van der Waals surface area contributed by atoms with Crippen LogP contribution in [-0.2, 0) is 10.0 Å². The minimum absolute atomic E-state index is 0.177. The average molecular weight is 404 g/mol. The van der Waals surface area contributed by atoms with E-state index in [4.69, 9.17) is 0 Å². The molecule has 0 atom stereocenters. The van der Waals surface area contributed by atoms with Gasteiger partial charge in [-0.15, -0.1) is 0 Å². The second-order valence-electron chi connectivity index (χ2n) is 6.26. The lowest BCUT2D eigenvalue weighted by molar-refractivity contribution is -0.385. The van der Waals surface area contributed by atoms with Crippen molar-refractivity contribution in [3.8, 4) is 0 Å². The third kappa shape index (κ3) is 4.73. The molecular formula is C19H24N4O4S. The summed E-state index contributed by atoms with van der Waals surface area (Å²) in [4.78, 5) is 10.3. The van der Waals surface area contributed by atoms with Crippen molar-refractivity contribution in [3.05, 3.63) is 63.2 Å². The predicted molar refractivity (Wildman–Crippen MR) is 110 cm³/mol. The zero-order valence-corrected chi connectivity index (χ0v) is 17.2. The molecule has 0 unspecified atom stereocenters. The topological polar surface area (TPSA) is 105 Å². The molecule has 0 bridgehead atoms. The highest BCUT2D eigenvalue weighted by Crippen LogP contribution is 2.29. The van der Waals surface area contributed by atoms with Gasteiger partial charge in [-0.1, -0.05) is 37.6 Å². The Bertz CT molecular complexity index is 999. The van der Waals surface area contributed by atoms with Gasteiger partial charge in [0.2, 0.25) is 10.0 Å². The van der Waals surface area contributed by atoms with Gasteiger partial charge in [-0.2, -0.15) is 9.41 Å². The van der Waals surface area contributed by atoms with E-state index in [1.54, 1.807) is 20.1 Å². The van der Waals surface area contributed by atoms with Gasteiger partial charge >= 0.3 is 0 Å². The summed E-state index contributed by atoms with van der Waals surface area (Å²) in [6, 6.07) is 9.59. The minimum atomic E-state index is -3.91. The summed E-state index contributed by atoms with van der Waals surface area (Å²) in [6.45, 7) is 7.85. The predicted octanol–water partition coefficient (Wildman–Crippen LogP) is 3.69. The summed E-state index contributed by atoms with van der Waals surface area (Å²) in [5.41, 5.74) is 5.60. The Morgan fingerprint density at radius 1 is 1.14 bits per heavy atom. The van der Waals surface area contributed by atoms with Crippen LogP contribution < -0.4 is 5.43 Å². The van der Waals surface area contributed by atoms with Crippen molar-refractivity contribution in [1.29, 1.82) is 0 Å². The van der Waals surface area contributed by atoms with Gasteiger partial charge in [-0.3, -0.25) is 15.5 Å². The normalized spacial score (nSPS) is 11.9. The largest absolute Gasteiger partial charge is 0.277 e. The molecule has 0 aliphatic carbocycles. The summed E-state index contributed by atoms with van der Waals surface area (Å²) in [5, 5.41) is 15.3. The maximum atomic E-state index is 12.9. The number of aryl methyl sites for hydroxylation is 2. The van der Waals surface area contributed by atoms with E-state index in [2.05, 4.69) is 10.5 Å². The molecule has 8 nitrogen and oxygen atoms in total. The van der Waals surface area contributed by atoms with Crippen molar-refractivity contribution in [3.63, 3.8) is 0 Å². The Labute approximate surface area is 165 Å². The summed E-state index contributed by atoms with van der Waals surface area (Å²) >= 11 is 0. The number of nitrogens with one attached hydrogen (secondary N) is 1. The maximum absolute atomic E-state index is 12.9. The molecule has 2 aromatic carbocycles. The van der Waals surface area contributed by atoms with Gasteiger partial charge < -0.3 is 0 Å². The lowest BCUT2D eigenvalue weighted by Crippen LogP contribution is -2.31. The Hall–Kier alpha value is -2.78. The SMILES string of the molecule is CCN(CC)S(=O)(=O)c1cc([N+](=O)[O-])ccc1N/N=C\c1cc(C)ccc1C. The molecule has 0 aliphatic heterocycles. The molecule has 1 N–H and O–H groups in total. The average Bonchev–Trinajstić information content (AvgIpc) is 2.65. The molecule has 150 valence electrons. The number of nitrogens with zero attached hydrogens (tertiary/aromatic N) is 3. The molecule has 0 saturated heterocycles. The number of non-ortho nitro benzene ring substituents is 1. The van der Waals surface area contributed by atoms with E-state index in [9.17, 15) is 18.5 Å². The molecule has 0 spiro atoms. The van der Waals surface area contributed by atoms with Crippen LogP contribution in [0.5, 0.6) is 0 Å². The Balaban J connectivity index is 2.45. The van der Waals surface area contributed by atoms with Crippen LogP contribution in [0.15, 0.2) is 46.4 Å². The van der Waals surface area contributed by atoms with E-state index in [-0.39, 0.29) is 29.4 Å². The number of hydrogen-bond acceptors (Lipinski definition) is 6. The lowest BCUT2D eigenvalue weighted by atomic mass is 10.1. The molecule has 0 heterocycles. The van der Waals surface area contributed by atoms with E-state index < -0.39 is 14.9 Å².